The predicted octanol–water partition coefficient (Wildman–Crippen LogP) is 2.47. The van der Waals surface area contributed by atoms with Gasteiger partial charge in [-0.3, -0.25) is 4.72 Å². The minimum absolute atomic E-state index is 0.594. The smallest absolute Gasteiger partial charge is 0.267 e. The van der Waals surface area contributed by atoms with Crippen molar-refractivity contribution in [1.82, 2.24) is 0 Å². The van der Waals surface area contributed by atoms with E-state index in [9.17, 15) is 36.2 Å². The van der Waals surface area contributed by atoms with Crippen molar-refractivity contribution in [2.24, 2.45) is 0 Å². The summed E-state index contributed by atoms with van der Waals surface area (Å²) in [6, 6.07) is 1.24. The van der Waals surface area contributed by atoms with Crippen molar-refractivity contribution in [2.75, 3.05) is 4.72 Å². The Hall–Kier alpha value is -2.69. The number of hydrogen-bond acceptors (Lipinski definition) is 5. The molecule has 6 nitrogen and oxygen atoms in total. The Kier molecular flexibility index (Phi) is 4.23. The van der Waals surface area contributed by atoms with E-state index in [1.165, 1.54) is 0 Å². The van der Waals surface area contributed by atoms with Gasteiger partial charge >= 0.3 is 0 Å². The van der Waals surface area contributed by atoms with Gasteiger partial charge in [-0.2, -0.15) is 0 Å². The zero-order chi connectivity index (χ0) is 18.4. The Morgan fingerprint density at radius 3 is 1.88 bits per heavy atom. The summed E-state index contributed by atoms with van der Waals surface area (Å²) in [5.74, 6) is -11.0. The zero-order valence-corrected chi connectivity index (χ0v) is 12.5. The number of rotatable bonds is 3. The number of phenols is 3. The van der Waals surface area contributed by atoms with Crippen molar-refractivity contribution in [1.29, 1.82) is 0 Å². The Morgan fingerprint density at radius 1 is 0.875 bits per heavy atom. The van der Waals surface area contributed by atoms with Crippen LogP contribution in [0.3, 0.4) is 0 Å². The number of aromatic hydroxyl groups is 3. The van der Waals surface area contributed by atoms with Crippen molar-refractivity contribution in [3.63, 3.8) is 0 Å². The lowest BCUT2D eigenvalue weighted by Crippen LogP contribution is -2.19. The summed E-state index contributed by atoms with van der Waals surface area (Å²) >= 11 is 0. The van der Waals surface area contributed by atoms with Gasteiger partial charge in [0, 0.05) is 17.7 Å². The first-order chi connectivity index (χ1) is 11.0. The van der Waals surface area contributed by atoms with Gasteiger partial charge in [0.05, 0.1) is 5.69 Å². The fourth-order valence-corrected chi connectivity index (χ4v) is 3.07. The molecule has 2 rings (SSSR count). The molecule has 0 radical (unpaired) electrons. The second kappa shape index (κ2) is 5.74. The van der Waals surface area contributed by atoms with Gasteiger partial charge in [0.2, 0.25) is 0 Å². The summed E-state index contributed by atoms with van der Waals surface area (Å²) in [7, 11) is -5.09. The van der Waals surface area contributed by atoms with Crippen LogP contribution < -0.4 is 4.72 Å². The lowest BCUT2D eigenvalue weighted by atomic mass is 10.2. The van der Waals surface area contributed by atoms with Crippen LogP contribution in [-0.2, 0) is 10.0 Å². The van der Waals surface area contributed by atoms with E-state index >= 15 is 0 Å². The molecule has 0 aromatic heterocycles. The van der Waals surface area contributed by atoms with Gasteiger partial charge in [0.25, 0.3) is 10.0 Å². The van der Waals surface area contributed by atoms with Crippen molar-refractivity contribution >= 4 is 15.7 Å². The summed E-state index contributed by atoms with van der Waals surface area (Å²) < 4.78 is 79.9. The lowest BCUT2D eigenvalue weighted by molar-refractivity contribution is 0.368. The zero-order valence-electron chi connectivity index (χ0n) is 11.7. The highest BCUT2D eigenvalue weighted by molar-refractivity contribution is 7.92. The fraction of sp³-hybridized carbons (Fsp3) is 0.0769. The highest BCUT2D eigenvalue weighted by Crippen LogP contribution is 2.38. The minimum atomic E-state index is -5.09. The molecule has 0 bridgehead atoms. The maximum absolute atomic E-state index is 13.9. The van der Waals surface area contributed by atoms with Crippen LogP contribution in [0.15, 0.2) is 17.0 Å². The molecule has 2 aromatic carbocycles. The number of benzene rings is 2. The Labute approximate surface area is 132 Å². The van der Waals surface area contributed by atoms with Crippen molar-refractivity contribution < 1.29 is 41.3 Å². The molecule has 2 aromatic rings. The van der Waals surface area contributed by atoms with Gasteiger partial charge < -0.3 is 15.3 Å². The SMILES string of the molecule is Cc1c(F)c(F)c(F)c(S(=O)(=O)Nc2cc(O)c(O)c(O)c2)c1F. The van der Waals surface area contributed by atoms with Gasteiger partial charge in [0.1, 0.15) is 0 Å². The molecule has 0 saturated heterocycles. The maximum Gasteiger partial charge on any atom is 0.267 e. The molecule has 0 unspecified atom stereocenters. The maximum atomic E-state index is 13.9. The average molecular weight is 367 g/mol. The summed E-state index contributed by atoms with van der Waals surface area (Å²) in [4.78, 5) is -1.77. The summed E-state index contributed by atoms with van der Waals surface area (Å²) in [5, 5.41) is 27.7. The Morgan fingerprint density at radius 2 is 1.38 bits per heavy atom. The molecule has 11 heteroatoms. The third kappa shape index (κ3) is 2.77. The molecule has 0 saturated carbocycles. The van der Waals surface area contributed by atoms with Crippen LogP contribution in [0.2, 0.25) is 0 Å². The highest BCUT2D eigenvalue weighted by atomic mass is 32.2. The van der Waals surface area contributed by atoms with E-state index in [0.29, 0.717) is 19.1 Å². The fourth-order valence-electron chi connectivity index (χ4n) is 1.83. The average Bonchev–Trinajstić information content (AvgIpc) is 2.48. The highest BCUT2D eigenvalue weighted by Gasteiger charge is 2.32. The second-order valence-corrected chi connectivity index (χ2v) is 6.30. The normalized spacial score (nSPS) is 11.5. The molecule has 0 amide bonds. The number of phenolic OH excluding ortho intramolecular Hbond substituents is 3. The van der Waals surface area contributed by atoms with E-state index in [-0.39, 0.29) is 0 Å². The first kappa shape index (κ1) is 17.7. The molecule has 0 spiro atoms. The van der Waals surface area contributed by atoms with Gasteiger partial charge in [0.15, 0.2) is 45.4 Å². The van der Waals surface area contributed by atoms with E-state index in [2.05, 4.69) is 0 Å². The molecular formula is C13H9F4NO5S. The quantitative estimate of drug-likeness (QED) is 0.219. The van der Waals surface area contributed by atoms with Gasteiger partial charge in [-0.25, -0.2) is 26.0 Å². The number of sulfonamides is 1. The van der Waals surface area contributed by atoms with E-state index in [4.69, 9.17) is 5.11 Å². The van der Waals surface area contributed by atoms with Crippen molar-refractivity contribution in [2.45, 2.75) is 11.8 Å². The number of hydrogen-bond donors (Lipinski definition) is 4. The minimum Gasteiger partial charge on any atom is -0.504 e. The van der Waals surface area contributed by atoms with Crippen LogP contribution in [-0.4, -0.2) is 23.7 Å². The molecule has 0 atom stereocenters. The monoisotopic (exact) mass is 367 g/mol. The van der Waals surface area contributed by atoms with Crippen LogP contribution in [0.4, 0.5) is 23.2 Å². The summed E-state index contributed by atoms with van der Waals surface area (Å²) in [5.41, 5.74) is -1.64. The van der Waals surface area contributed by atoms with E-state index < -0.39 is 66.7 Å². The molecule has 0 aliphatic rings. The standard InChI is InChI=1S/C13H9F4NO5S/c1-4-8(14)10(16)11(17)13(9(4)15)24(22,23)18-5-2-6(19)12(21)7(20)3-5/h2-3,18-21H,1H3. The topological polar surface area (TPSA) is 107 Å². The second-order valence-electron chi connectivity index (χ2n) is 4.68. The van der Waals surface area contributed by atoms with Crippen LogP contribution in [0.5, 0.6) is 17.2 Å². The molecule has 130 valence electrons. The van der Waals surface area contributed by atoms with Gasteiger partial charge in [-0.05, 0) is 6.92 Å². The first-order valence-corrected chi connectivity index (χ1v) is 7.56. The van der Waals surface area contributed by atoms with Crippen LogP contribution in [0, 0.1) is 30.2 Å². The number of anilines is 1. The molecular weight excluding hydrogens is 358 g/mol. The van der Waals surface area contributed by atoms with Crippen LogP contribution >= 0.6 is 0 Å². The molecule has 0 heterocycles. The van der Waals surface area contributed by atoms with Crippen molar-refractivity contribution in [3.8, 4) is 17.2 Å². The largest absolute Gasteiger partial charge is 0.504 e. The molecule has 0 aliphatic heterocycles. The van der Waals surface area contributed by atoms with E-state index in [1.807, 2.05) is 0 Å². The number of halogens is 4. The molecule has 0 fully saturated rings. The van der Waals surface area contributed by atoms with Crippen molar-refractivity contribution in [3.05, 3.63) is 41.0 Å². The Balaban J connectivity index is 2.61. The summed E-state index contributed by atoms with van der Waals surface area (Å²) in [6.07, 6.45) is 0. The Bertz CT molecular complexity index is 894. The van der Waals surface area contributed by atoms with Crippen LogP contribution in [0.25, 0.3) is 0 Å². The molecule has 24 heavy (non-hydrogen) atoms. The van der Waals surface area contributed by atoms with E-state index in [0.717, 1.165) is 0 Å². The first-order valence-electron chi connectivity index (χ1n) is 6.07. The third-order valence-electron chi connectivity index (χ3n) is 3.03. The van der Waals surface area contributed by atoms with Gasteiger partial charge in [-0.15, -0.1) is 0 Å². The summed E-state index contributed by atoms with van der Waals surface area (Å²) in [6.45, 7) is 0.713. The van der Waals surface area contributed by atoms with E-state index in [1.54, 1.807) is 4.72 Å². The lowest BCUT2D eigenvalue weighted by Gasteiger charge is -2.13. The predicted molar refractivity (Wildman–Crippen MR) is 73.3 cm³/mol. The number of nitrogens with one attached hydrogen (secondary N) is 1. The van der Waals surface area contributed by atoms with Gasteiger partial charge in [-0.1, -0.05) is 0 Å². The molecule has 0 aliphatic carbocycles. The molecule has 4 N–H and O–H groups in total. The third-order valence-corrected chi connectivity index (χ3v) is 4.43. The van der Waals surface area contributed by atoms with Crippen LogP contribution in [0.1, 0.15) is 5.56 Å².